The monoisotopic (exact) mass is 159 g/mol. The molecular weight excluding hydrogens is 153 g/mol. The minimum atomic E-state index is 0.807. The lowest BCUT2D eigenvalue weighted by atomic mass is 9.96. The van der Waals surface area contributed by atoms with Gasteiger partial charge in [0.25, 0.3) is 0 Å². The van der Waals surface area contributed by atoms with E-state index in [2.05, 4.69) is 4.37 Å². The van der Waals surface area contributed by atoms with Gasteiger partial charge in [-0.15, -0.1) is 0 Å². The van der Waals surface area contributed by atoms with Gasteiger partial charge in [-0.2, -0.15) is 4.37 Å². The van der Waals surface area contributed by atoms with E-state index in [-0.39, 0.29) is 0 Å². The van der Waals surface area contributed by atoms with E-state index in [9.17, 15) is 0 Å². The summed E-state index contributed by atoms with van der Waals surface area (Å²) >= 11 is 1.50. The van der Waals surface area contributed by atoms with Crippen LogP contribution >= 0.6 is 11.5 Å². The summed E-state index contributed by atoms with van der Waals surface area (Å²) in [4.78, 5) is 0. The molecule has 0 atom stereocenters. The molecular formula is C8H6BNS. The van der Waals surface area contributed by atoms with Crippen molar-refractivity contribution in [1.82, 2.24) is 4.37 Å². The van der Waals surface area contributed by atoms with Gasteiger partial charge in [0.05, 0.1) is 10.4 Å². The summed E-state index contributed by atoms with van der Waals surface area (Å²) in [5.74, 6) is 0. The molecule has 0 aliphatic heterocycles. The van der Waals surface area contributed by atoms with Crippen molar-refractivity contribution < 1.29 is 0 Å². The molecule has 0 aliphatic rings. The van der Waals surface area contributed by atoms with Gasteiger partial charge in [-0.05, 0) is 24.5 Å². The Bertz CT molecular complexity index is 394. The molecule has 1 aromatic heterocycles. The van der Waals surface area contributed by atoms with Crippen molar-refractivity contribution in [3.63, 3.8) is 0 Å². The second-order valence-corrected chi connectivity index (χ2v) is 3.33. The van der Waals surface area contributed by atoms with Gasteiger partial charge in [-0.25, -0.2) is 0 Å². The van der Waals surface area contributed by atoms with E-state index in [0.29, 0.717) is 0 Å². The quantitative estimate of drug-likeness (QED) is 0.529. The zero-order chi connectivity index (χ0) is 7.84. The molecule has 0 spiro atoms. The molecule has 0 fully saturated rings. The molecule has 52 valence electrons. The highest BCUT2D eigenvalue weighted by Gasteiger charge is 1.99. The van der Waals surface area contributed by atoms with Crippen LogP contribution in [0.15, 0.2) is 18.2 Å². The Balaban J connectivity index is 2.86. The Morgan fingerprint density at radius 1 is 1.45 bits per heavy atom. The first-order valence-corrected chi connectivity index (χ1v) is 4.16. The predicted molar refractivity (Wildman–Crippen MR) is 49.7 cm³/mol. The molecule has 0 N–H and O–H groups in total. The number of benzene rings is 1. The Labute approximate surface area is 70.6 Å². The standard InChI is InChI=1S/C8H6BNS/c1-5-7-3-2-6(9)4-8(7)11-10-5/h2-4H,1H3. The first kappa shape index (κ1) is 6.86. The van der Waals surface area contributed by atoms with Crippen molar-refractivity contribution in [3.05, 3.63) is 23.9 Å². The summed E-state index contributed by atoms with van der Waals surface area (Å²) in [7, 11) is 5.61. The van der Waals surface area contributed by atoms with Crippen LogP contribution in [0.25, 0.3) is 10.1 Å². The summed E-state index contributed by atoms with van der Waals surface area (Å²) in [6.07, 6.45) is 0. The molecule has 1 aromatic carbocycles. The molecule has 2 rings (SSSR count). The highest BCUT2D eigenvalue weighted by molar-refractivity contribution is 7.13. The van der Waals surface area contributed by atoms with Crippen molar-refractivity contribution in [2.24, 2.45) is 0 Å². The van der Waals surface area contributed by atoms with E-state index < -0.39 is 0 Å². The molecule has 3 heteroatoms. The normalized spacial score (nSPS) is 10.6. The molecule has 2 radical (unpaired) electrons. The van der Waals surface area contributed by atoms with Crippen molar-refractivity contribution in [2.45, 2.75) is 6.92 Å². The van der Waals surface area contributed by atoms with Gasteiger partial charge < -0.3 is 0 Å². The summed E-state index contributed by atoms with van der Waals surface area (Å²) in [5.41, 5.74) is 1.89. The molecule has 0 amide bonds. The average Bonchev–Trinajstić information content (AvgIpc) is 2.32. The number of aryl methyl sites for hydroxylation is 1. The third-order valence-corrected chi connectivity index (χ3v) is 2.58. The fourth-order valence-corrected chi connectivity index (χ4v) is 1.92. The Morgan fingerprint density at radius 3 is 3.09 bits per heavy atom. The van der Waals surface area contributed by atoms with Gasteiger partial charge in [0.1, 0.15) is 7.85 Å². The van der Waals surface area contributed by atoms with Crippen molar-refractivity contribution in [1.29, 1.82) is 0 Å². The first-order chi connectivity index (χ1) is 5.27. The van der Waals surface area contributed by atoms with Crippen LogP contribution in [0.5, 0.6) is 0 Å². The van der Waals surface area contributed by atoms with Gasteiger partial charge >= 0.3 is 0 Å². The highest BCUT2D eigenvalue weighted by atomic mass is 32.1. The van der Waals surface area contributed by atoms with Crippen LogP contribution in [0.4, 0.5) is 0 Å². The number of nitrogens with zero attached hydrogens (tertiary/aromatic N) is 1. The smallest absolute Gasteiger partial charge is 0.113 e. The van der Waals surface area contributed by atoms with Crippen LogP contribution in [-0.4, -0.2) is 12.2 Å². The van der Waals surface area contributed by atoms with Gasteiger partial charge in [0.15, 0.2) is 0 Å². The minimum Gasteiger partial charge on any atom is -0.197 e. The van der Waals surface area contributed by atoms with Crippen LogP contribution < -0.4 is 5.46 Å². The lowest BCUT2D eigenvalue weighted by molar-refractivity contribution is 1.37. The van der Waals surface area contributed by atoms with E-state index in [1.807, 2.05) is 25.1 Å². The van der Waals surface area contributed by atoms with E-state index in [0.717, 1.165) is 11.2 Å². The number of hydrogen-bond donors (Lipinski definition) is 0. The number of rotatable bonds is 0. The topological polar surface area (TPSA) is 12.9 Å². The van der Waals surface area contributed by atoms with Gasteiger partial charge in [-0.1, -0.05) is 17.6 Å². The van der Waals surface area contributed by atoms with Crippen molar-refractivity contribution >= 4 is 34.9 Å². The zero-order valence-corrected chi connectivity index (χ0v) is 6.98. The summed E-state index contributed by atoms with van der Waals surface area (Å²) in [6.45, 7) is 2.01. The summed E-state index contributed by atoms with van der Waals surface area (Å²) in [5, 5.41) is 1.21. The molecule has 0 bridgehead atoms. The summed E-state index contributed by atoms with van der Waals surface area (Å²) in [6, 6.07) is 5.88. The maximum Gasteiger partial charge on any atom is 0.113 e. The second-order valence-electron chi connectivity index (χ2n) is 2.52. The summed E-state index contributed by atoms with van der Waals surface area (Å²) < 4.78 is 5.39. The molecule has 0 unspecified atom stereocenters. The largest absolute Gasteiger partial charge is 0.197 e. The molecule has 11 heavy (non-hydrogen) atoms. The number of hydrogen-bond acceptors (Lipinski definition) is 2. The Hall–Kier alpha value is -0.825. The maximum absolute atomic E-state index is 5.61. The van der Waals surface area contributed by atoms with Crippen molar-refractivity contribution in [2.75, 3.05) is 0 Å². The molecule has 2 aromatic rings. The molecule has 1 heterocycles. The third-order valence-electron chi connectivity index (χ3n) is 1.68. The van der Waals surface area contributed by atoms with Gasteiger partial charge in [-0.3, -0.25) is 0 Å². The van der Waals surface area contributed by atoms with E-state index in [1.165, 1.54) is 21.6 Å². The van der Waals surface area contributed by atoms with Crippen LogP contribution in [0.2, 0.25) is 0 Å². The van der Waals surface area contributed by atoms with Gasteiger partial charge in [0.2, 0.25) is 0 Å². The second kappa shape index (κ2) is 2.34. The van der Waals surface area contributed by atoms with E-state index >= 15 is 0 Å². The average molecular weight is 159 g/mol. The SMILES string of the molecule is [B]c1ccc2c(C)nsc2c1. The maximum atomic E-state index is 5.61. The van der Waals surface area contributed by atoms with Crippen LogP contribution in [-0.2, 0) is 0 Å². The molecule has 0 saturated heterocycles. The Morgan fingerprint density at radius 2 is 2.27 bits per heavy atom. The van der Waals surface area contributed by atoms with Crippen molar-refractivity contribution in [3.8, 4) is 0 Å². The molecule has 0 saturated carbocycles. The Kier molecular flexibility index (Phi) is 1.46. The lowest BCUT2D eigenvalue weighted by Crippen LogP contribution is -1.98. The van der Waals surface area contributed by atoms with Crippen LogP contribution in [0, 0.1) is 6.92 Å². The number of aromatic nitrogens is 1. The zero-order valence-electron chi connectivity index (χ0n) is 6.16. The van der Waals surface area contributed by atoms with E-state index in [1.54, 1.807) is 0 Å². The number of fused-ring (bicyclic) bond motifs is 1. The first-order valence-electron chi connectivity index (χ1n) is 3.39. The third kappa shape index (κ3) is 1.05. The van der Waals surface area contributed by atoms with Crippen LogP contribution in [0.3, 0.4) is 0 Å². The molecule has 1 nitrogen and oxygen atoms in total. The highest BCUT2D eigenvalue weighted by Crippen LogP contribution is 2.19. The predicted octanol–water partition coefficient (Wildman–Crippen LogP) is 1.40. The fraction of sp³-hybridized carbons (Fsp3) is 0.125. The molecule has 0 aliphatic carbocycles. The van der Waals surface area contributed by atoms with Crippen LogP contribution in [0.1, 0.15) is 5.69 Å². The lowest BCUT2D eigenvalue weighted by Gasteiger charge is -1.91. The van der Waals surface area contributed by atoms with Gasteiger partial charge in [0, 0.05) is 5.39 Å². The minimum absolute atomic E-state index is 0.807. The van der Waals surface area contributed by atoms with E-state index in [4.69, 9.17) is 7.85 Å². The fourth-order valence-electron chi connectivity index (χ4n) is 1.08.